The number of likely N-dealkylation sites (tertiary alicyclic amines) is 1. The molecule has 4 nitrogen and oxygen atoms in total. The number of nitrogens with zero attached hydrogens (tertiary/aromatic N) is 2. The molecule has 2 fully saturated rings. The molecule has 2 rings (SSSR count). The number of carbonyl (C=O) groups is 1. The highest BCUT2D eigenvalue weighted by Gasteiger charge is 2.36. The lowest BCUT2D eigenvalue weighted by Crippen LogP contribution is -2.45. The SMILES string of the molecule is N#CC1(N)CCC(C(=O)N2CCCC2)CC1. The van der Waals surface area contributed by atoms with Crippen LogP contribution in [0.4, 0.5) is 0 Å². The average Bonchev–Trinajstić information content (AvgIpc) is 2.83. The molecule has 4 heteroatoms. The van der Waals surface area contributed by atoms with E-state index in [9.17, 15) is 4.79 Å². The quantitative estimate of drug-likeness (QED) is 0.718. The Balaban J connectivity index is 1.89. The first-order valence-corrected chi connectivity index (χ1v) is 6.13. The second-order valence-corrected chi connectivity index (χ2v) is 5.07. The molecule has 1 aliphatic heterocycles. The molecule has 1 amide bonds. The lowest BCUT2D eigenvalue weighted by Gasteiger charge is -2.32. The van der Waals surface area contributed by atoms with Crippen molar-refractivity contribution in [2.75, 3.05) is 13.1 Å². The van der Waals surface area contributed by atoms with Gasteiger partial charge in [0.25, 0.3) is 0 Å². The third-order valence-corrected chi connectivity index (χ3v) is 3.87. The predicted octanol–water partition coefficient (Wildman–Crippen LogP) is 1.02. The molecular weight excluding hydrogens is 202 g/mol. The van der Waals surface area contributed by atoms with E-state index in [0.29, 0.717) is 12.8 Å². The van der Waals surface area contributed by atoms with Gasteiger partial charge in [-0.15, -0.1) is 0 Å². The molecule has 0 aromatic carbocycles. The van der Waals surface area contributed by atoms with Crippen molar-refractivity contribution in [3.8, 4) is 6.07 Å². The minimum Gasteiger partial charge on any atom is -0.342 e. The van der Waals surface area contributed by atoms with Crippen LogP contribution in [0.25, 0.3) is 0 Å². The molecule has 0 atom stereocenters. The van der Waals surface area contributed by atoms with Gasteiger partial charge in [0, 0.05) is 19.0 Å². The summed E-state index contributed by atoms with van der Waals surface area (Å²) in [6.45, 7) is 1.84. The third kappa shape index (κ3) is 2.19. The Labute approximate surface area is 96.4 Å². The van der Waals surface area contributed by atoms with E-state index < -0.39 is 5.54 Å². The lowest BCUT2D eigenvalue weighted by atomic mass is 9.77. The van der Waals surface area contributed by atoms with Gasteiger partial charge in [0.2, 0.25) is 5.91 Å². The number of nitrogens with two attached hydrogens (primary N) is 1. The second kappa shape index (κ2) is 4.42. The topological polar surface area (TPSA) is 70.1 Å². The highest BCUT2D eigenvalue weighted by Crippen LogP contribution is 2.31. The van der Waals surface area contributed by atoms with Gasteiger partial charge in [0.15, 0.2) is 0 Å². The fourth-order valence-electron chi connectivity index (χ4n) is 2.69. The van der Waals surface area contributed by atoms with Crippen LogP contribution in [0.15, 0.2) is 0 Å². The Morgan fingerprint density at radius 3 is 2.38 bits per heavy atom. The van der Waals surface area contributed by atoms with Gasteiger partial charge in [-0.2, -0.15) is 5.26 Å². The van der Waals surface area contributed by atoms with Crippen molar-refractivity contribution in [1.82, 2.24) is 4.90 Å². The number of hydrogen-bond donors (Lipinski definition) is 1. The van der Waals surface area contributed by atoms with E-state index in [1.807, 2.05) is 4.90 Å². The van der Waals surface area contributed by atoms with Gasteiger partial charge in [0.05, 0.1) is 6.07 Å². The maximum Gasteiger partial charge on any atom is 0.225 e. The molecule has 1 aliphatic carbocycles. The lowest BCUT2D eigenvalue weighted by molar-refractivity contribution is -0.135. The summed E-state index contributed by atoms with van der Waals surface area (Å²) in [5.74, 6) is 0.403. The van der Waals surface area contributed by atoms with Crippen molar-refractivity contribution >= 4 is 5.91 Å². The number of carbonyl (C=O) groups excluding carboxylic acids is 1. The Kier molecular flexibility index (Phi) is 3.15. The van der Waals surface area contributed by atoms with Crippen molar-refractivity contribution < 1.29 is 4.79 Å². The summed E-state index contributed by atoms with van der Waals surface area (Å²) < 4.78 is 0. The van der Waals surface area contributed by atoms with Crippen LogP contribution in [0.2, 0.25) is 0 Å². The highest BCUT2D eigenvalue weighted by atomic mass is 16.2. The summed E-state index contributed by atoms with van der Waals surface area (Å²) in [4.78, 5) is 14.1. The fourth-order valence-corrected chi connectivity index (χ4v) is 2.69. The van der Waals surface area contributed by atoms with Gasteiger partial charge in [0.1, 0.15) is 5.54 Å². The molecule has 2 aliphatic rings. The Morgan fingerprint density at radius 1 is 1.31 bits per heavy atom. The van der Waals surface area contributed by atoms with Gasteiger partial charge in [-0.05, 0) is 38.5 Å². The van der Waals surface area contributed by atoms with E-state index in [4.69, 9.17) is 11.0 Å². The van der Waals surface area contributed by atoms with Crippen LogP contribution in [0.5, 0.6) is 0 Å². The average molecular weight is 221 g/mol. The van der Waals surface area contributed by atoms with E-state index in [-0.39, 0.29) is 11.8 Å². The van der Waals surface area contributed by atoms with Gasteiger partial charge >= 0.3 is 0 Å². The van der Waals surface area contributed by atoms with Crippen LogP contribution in [-0.2, 0) is 4.79 Å². The number of hydrogen-bond acceptors (Lipinski definition) is 3. The second-order valence-electron chi connectivity index (χ2n) is 5.07. The minimum absolute atomic E-state index is 0.114. The molecule has 0 aromatic heterocycles. The molecule has 2 N–H and O–H groups in total. The predicted molar refractivity (Wildman–Crippen MR) is 60.3 cm³/mol. The first kappa shape index (κ1) is 11.4. The molecule has 1 saturated heterocycles. The van der Waals surface area contributed by atoms with Crippen molar-refractivity contribution in [2.24, 2.45) is 11.7 Å². The molecule has 16 heavy (non-hydrogen) atoms. The molecule has 0 aromatic rings. The number of amides is 1. The zero-order chi connectivity index (χ0) is 11.6. The molecule has 1 heterocycles. The Morgan fingerprint density at radius 2 is 1.88 bits per heavy atom. The Bertz CT molecular complexity index is 307. The van der Waals surface area contributed by atoms with Crippen LogP contribution >= 0.6 is 0 Å². The molecule has 0 spiro atoms. The molecular formula is C12H19N3O. The van der Waals surface area contributed by atoms with Crippen molar-refractivity contribution in [3.63, 3.8) is 0 Å². The summed E-state index contributed by atoms with van der Waals surface area (Å²) in [6, 6.07) is 2.16. The zero-order valence-electron chi connectivity index (χ0n) is 9.61. The monoisotopic (exact) mass is 221 g/mol. The van der Waals surface area contributed by atoms with Crippen LogP contribution in [0.1, 0.15) is 38.5 Å². The standard InChI is InChI=1S/C12H19N3O/c13-9-12(14)5-3-10(4-6-12)11(16)15-7-1-2-8-15/h10H,1-8,14H2. The van der Waals surface area contributed by atoms with E-state index in [1.165, 1.54) is 0 Å². The van der Waals surface area contributed by atoms with E-state index in [2.05, 4.69) is 6.07 Å². The summed E-state index contributed by atoms with van der Waals surface area (Å²) >= 11 is 0. The van der Waals surface area contributed by atoms with Crippen molar-refractivity contribution in [1.29, 1.82) is 5.26 Å². The zero-order valence-corrected chi connectivity index (χ0v) is 9.61. The summed E-state index contributed by atoms with van der Waals surface area (Å²) in [5, 5.41) is 8.92. The van der Waals surface area contributed by atoms with Crippen LogP contribution in [0.3, 0.4) is 0 Å². The van der Waals surface area contributed by atoms with Gasteiger partial charge < -0.3 is 10.6 Å². The first-order chi connectivity index (χ1) is 7.64. The van der Waals surface area contributed by atoms with Crippen molar-refractivity contribution in [2.45, 2.75) is 44.1 Å². The van der Waals surface area contributed by atoms with E-state index in [0.717, 1.165) is 38.8 Å². The van der Waals surface area contributed by atoms with Gasteiger partial charge in [-0.1, -0.05) is 0 Å². The maximum absolute atomic E-state index is 12.1. The molecule has 0 radical (unpaired) electrons. The van der Waals surface area contributed by atoms with E-state index >= 15 is 0 Å². The number of nitriles is 1. The summed E-state index contributed by atoms with van der Waals surface area (Å²) in [5.41, 5.74) is 5.21. The molecule has 0 unspecified atom stereocenters. The number of rotatable bonds is 1. The van der Waals surface area contributed by atoms with Crippen LogP contribution in [0, 0.1) is 17.2 Å². The van der Waals surface area contributed by atoms with Gasteiger partial charge in [-0.25, -0.2) is 0 Å². The summed E-state index contributed by atoms with van der Waals surface area (Å²) in [7, 11) is 0. The molecule has 0 bridgehead atoms. The highest BCUT2D eigenvalue weighted by molar-refractivity contribution is 5.79. The van der Waals surface area contributed by atoms with Crippen LogP contribution < -0.4 is 5.73 Å². The third-order valence-electron chi connectivity index (χ3n) is 3.87. The van der Waals surface area contributed by atoms with Gasteiger partial charge in [-0.3, -0.25) is 4.79 Å². The first-order valence-electron chi connectivity index (χ1n) is 6.13. The van der Waals surface area contributed by atoms with Crippen LogP contribution in [-0.4, -0.2) is 29.4 Å². The van der Waals surface area contributed by atoms with E-state index in [1.54, 1.807) is 0 Å². The largest absolute Gasteiger partial charge is 0.342 e. The van der Waals surface area contributed by atoms with Crippen molar-refractivity contribution in [3.05, 3.63) is 0 Å². The molecule has 1 saturated carbocycles. The maximum atomic E-state index is 12.1. The molecule has 88 valence electrons. The summed E-state index contributed by atoms with van der Waals surface area (Å²) in [6.07, 6.45) is 5.15. The fraction of sp³-hybridized carbons (Fsp3) is 0.833. The minimum atomic E-state index is -0.679. The normalized spacial score (nSPS) is 34.8. The smallest absolute Gasteiger partial charge is 0.225 e. The Hall–Kier alpha value is -1.08.